The van der Waals surface area contributed by atoms with Crippen LogP contribution in [0.15, 0.2) is 51.7 Å². The lowest BCUT2D eigenvalue weighted by Crippen LogP contribution is -2.47. The minimum atomic E-state index is -4.63. The fourth-order valence-electron chi connectivity index (χ4n) is 4.00. The van der Waals surface area contributed by atoms with Gasteiger partial charge in [-0.3, -0.25) is 19.6 Å². The Morgan fingerprint density at radius 1 is 1.03 bits per heavy atom. The van der Waals surface area contributed by atoms with Crippen molar-refractivity contribution in [2.75, 3.05) is 37.6 Å². The number of nitro benzene ring substituents is 1. The first-order chi connectivity index (χ1) is 15.2. The van der Waals surface area contributed by atoms with Gasteiger partial charge in [0.1, 0.15) is 5.69 Å². The van der Waals surface area contributed by atoms with Crippen LogP contribution in [0.3, 0.4) is 0 Å². The molecular weight excluding hydrogens is 429 g/mol. The van der Waals surface area contributed by atoms with Gasteiger partial charge in [0.05, 0.1) is 16.0 Å². The third-order valence-corrected chi connectivity index (χ3v) is 5.64. The van der Waals surface area contributed by atoms with Gasteiger partial charge in [-0.1, -0.05) is 12.1 Å². The van der Waals surface area contributed by atoms with Crippen molar-refractivity contribution in [1.82, 2.24) is 9.47 Å². The Kier molecular flexibility index (Phi) is 5.92. The number of fused-ring (bicyclic) bond motifs is 1. The van der Waals surface area contributed by atoms with E-state index in [0.717, 1.165) is 18.1 Å². The number of nitrogens with zero attached hydrogens (tertiary/aromatic N) is 4. The highest BCUT2D eigenvalue weighted by atomic mass is 19.4. The van der Waals surface area contributed by atoms with Crippen LogP contribution in [0.5, 0.6) is 0 Å². The van der Waals surface area contributed by atoms with Crippen LogP contribution < -0.4 is 10.7 Å². The van der Waals surface area contributed by atoms with Crippen LogP contribution in [0, 0.1) is 10.1 Å². The van der Waals surface area contributed by atoms with Gasteiger partial charge in [0.15, 0.2) is 5.58 Å². The molecule has 170 valence electrons. The van der Waals surface area contributed by atoms with Crippen LogP contribution in [0.4, 0.5) is 24.5 Å². The maximum absolute atomic E-state index is 12.9. The van der Waals surface area contributed by atoms with Gasteiger partial charge in [-0.2, -0.15) is 13.2 Å². The van der Waals surface area contributed by atoms with Gasteiger partial charge in [0.2, 0.25) is 0 Å². The van der Waals surface area contributed by atoms with Crippen LogP contribution in [-0.4, -0.2) is 47.1 Å². The zero-order valence-electron chi connectivity index (χ0n) is 17.0. The highest BCUT2D eigenvalue weighted by molar-refractivity contribution is 5.72. The zero-order valence-corrected chi connectivity index (χ0v) is 17.0. The van der Waals surface area contributed by atoms with Gasteiger partial charge in [-0.05, 0) is 37.2 Å². The summed E-state index contributed by atoms with van der Waals surface area (Å²) in [5.74, 6) is -0.398. The van der Waals surface area contributed by atoms with Crippen molar-refractivity contribution in [2.24, 2.45) is 0 Å². The molecule has 0 saturated carbocycles. The number of para-hydroxylation sites is 2. The van der Waals surface area contributed by atoms with E-state index in [4.69, 9.17) is 4.42 Å². The molecule has 1 aliphatic heterocycles. The molecule has 0 bridgehead atoms. The Bertz CT molecular complexity index is 1180. The Morgan fingerprint density at radius 2 is 1.75 bits per heavy atom. The first-order valence-corrected chi connectivity index (χ1v) is 10.2. The van der Waals surface area contributed by atoms with E-state index in [0.29, 0.717) is 50.8 Å². The quantitative estimate of drug-likeness (QED) is 0.420. The van der Waals surface area contributed by atoms with E-state index in [2.05, 4.69) is 4.90 Å². The molecule has 0 radical (unpaired) electrons. The molecule has 0 amide bonds. The van der Waals surface area contributed by atoms with Crippen molar-refractivity contribution in [2.45, 2.75) is 19.1 Å². The summed E-state index contributed by atoms with van der Waals surface area (Å²) >= 11 is 0. The van der Waals surface area contributed by atoms with Crippen molar-refractivity contribution in [3.63, 3.8) is 0 Å². The first-order valence-electron chi connectivity index (χ1n) is 10.2. The third-order valence-electron chi connectivity index (χ3n) is 5.64. The Balaban J connectivity index is 1.36. The number of aryl methyl sites for hydroxylation is 1. The predicted molar refractivity (Wildman–Crippen MR) is 112 cm³/mol. The number of alkyl halides is 3. The highest BCUT2D eigenvalue weighted by Gasteiger charge is 2.34. The Morgan fingerprint density at radius 3 is 2.44 bits per heavy atom. The molecule has 1 fully saturated rings. The van der Waals surface area contributed by atoms with E-state index in [1.807, 2.05) is 12.1 Å². The molecule has 1 saturated heterocycles. The van der Waals surface area contributed by atoms with Gasteiger partial charge in [-0.25, -0.2) is 4.79 Å². The molecule has 32 heavy (non-hydrogen) atoms. The summed E-state index contributed by atoms with van der Waals surface area (Å²) in [6.45, 7) is 3.36. The van der Waals surface area contributed by atoms with E-state index in [1.165, 1.54) is 6.07 Å². The lowest BCUT2D eigenvalue weighted by atomic mass is 10.1. The average Bonchev–Trinajstić information content (AvgIpc) is 3.08. The average molecular weight is 450 g/mol. The highest BCUT2D eigenvalue weighted by Crippen LogP contribution is 2.36. The fraction of sp³-hybridized carbons (Fsp3) is 0.381. The molecule has 3 aromatic rings. The molecule has 11 heteroatoms. The maximum atomic E-state index is 12.9. The van der Waals surface area contributed by atoms with E-state index >= 15 is 0 Å². The lowest BCUT2D eigenvalue weighted by molar-refractivity contribution is -0.384. The summed E-state index contributed by atoms with van der Waals surface area (Å²) in [6, 6.07) is 9.86. The summed E-state index contributed by atoms with van der Waals surface area (Å²) in [5.41, 5.74) is -0.0895. The molecule has 0 spiro atoms. The maximum Gasteiger partial charge on any atom is 0.419 e. The molecule has 1 aromatic heterocycles. The molecule has 0 N–H and O–H groups in total. The zero-order chi connectivity index (χ0) is 22.9. The van der Waals surface area contributed by atoms with E-state index in [9.17, 15) is 28.1 Å². The Labute approximate surface area is 180 Å². The molecule has 2 aromatic carbocycles. The van der Waals surface area contributed by atoms with Crippen molar-refractivity contribution < 1.29 is 22.5 Å². The lowest BCUT2D eigenvalue weighted by Gasteiger charge is -2.35. The number of hydrogen-bond donors (Lipinski definition) is 0. The number of benzene rings is 2. The predicted octanol–water partition coefficient (Wildman–Crippen LogP) is 3.73. The number of rotatable bonds is 6. The molecule has 4 rings (SSSR count). The second-order valence-electron chi connectivity index (χ2n) is 7.63. The number of oxazole rings is 1. The third kappa shape index (κ3) is 4.47. The number of piperazine rings is 1. The summed E-state index contributed by atoms with van der Waals surface area (Å²) < 4.78 is 45.6. The normalized spacial score (nSPS) is 15.4. The molecule has 0 unspecified atom stereocenters. The van der Waals surface area contributed by atoms with Gasteiger partial charge in [0.25, 0.3) is 5.69 Å². The largest absolute Gasteiger partial charge is 0.419 e. The van der Waals surface area contributed by atoms with Gasteiger partial charge >= 0.3 is 11.9 Å². The fourth-order valence-corrected chi connectivity index (χ4v) is 4.00. The van der Waals surface area contributed by atoms with E-state index < -0.39 is 28.1 Å². The number of anilines is 1. The van der Waals surface area contributed by atoms with Crippen LogP contribution in [0.25, 0.3) is 11.1 Å². The second-order valence-corrected chi connectivity index (χ2v) is 7.63. The monoisotopic (exact) mass is 450 g/mol. The van der Waals surface area contributed by atoms with E-state index in [-0.39, 0.29) is 5.69 Å². The van der Waals surface area contributed by atoms with Crippen LogP contribution in [0.2, 0.25) is 0 Å². The summed E-state index contributed by atoms with van der Waals surface area (Å²) in [5, 5.41) is 11.3. The van der Waals surface area contributed by atoms with Gasteiger partial charge < -0.3 is 9.32 Å². The molecular formula is C21H21F3N4O4. The van der Waals surface area contributed by atoms with Crippen molar-refractivity contribution in [3.8, 4) is 0 Å². The molecule has 0 aliphatic carbocycles. The van der Waals surface area contributed by atoms with Crippen molar-refractivity contribution >= 4 is 22.5 Å². The van der Waals surface area contributed by atoms with Crippen LogP contribution in [0.1, 0.15) is 12.0 Å². The molecule has 1 aliphatic rings. The number of nitro groups is 1. The van der Waals surface area contributed by atoms with Crippen LogP contribution in [-0.2, 0) is 12.7 Å². The molecule has 2 heterocycles. The summed E-state index contributed by atoms with van der Waals surface area (Å²) in [7, 11) is 0. The SMILES string of the molecule is O=c1oc2ccccc2n1CCCN1CCN(c2ccc(C(F)(F)F)cc2[N+](=O)[O-])CC1. The Hall–Kier alpha value is -3.34. The van der Waals surface area contributed by atoms with Crippen molar-refractivity contribution in [3.05, 3.63) is 68.7 Å². The number of halogens is 3. The molecule has 0 atom stereocenters. The minimum Gasteiger partial charge on any atom is -0.408 e. The standard InChI is InChI=1S/C21H21F3N4O4/c22-21(23,24)15-6-7-16(18(14-15)28(30)31)26-12-10-25(11-13-26)8-3-9-27-17-4-1-2-5-19(17)32-20(27)29/h1-2,4-7,14H,3,8-13H2. The molecule has 8 nitrogen and oxygen atoms in total. The number of hydrogen-bond acceptors (Lipinski definition) is 6. The smallest absolute Gasteiger partial charge is 0.408 e. The van der Waals surface area contributed by atoms with Gasteiger partial charge in [-0.15, -0.1) is 0 Å². The summed E-state index contributed by atoms with van der Waals surface area (Å²) in [6.07, 6.45) is -3.92. The summed E-state index contributed by atoms with van der Waals surface area (Å²) in [4.78, 5) is 26.5. The first kappa shape index (κ1) is 21.9. The van der Waals surface area contributed by atoms with E-state index in [1.54, 1.807) is 21.6 Å². The van der Waals surface area contributed by atoms with Gasteiger partial charge in [0, 0.05) is 38.8 Å². The topological polar surface area (TPSA) is 84.8 Å². The minimum absolute atomic E-state index is 0.194. The number of aromatic nitrogens is 1. The van der Waals surface area contributed by atoms with Crippen LogP contribution >= 0.6 is 0 Å². The van der Waals surface area contributed by atoms with Crippen molar-refractivity contribution in [1.29, 1.82) is 0 Å². The second kappa shape index (κ2) is 8.65.